The van der Waals surface area contributed by atoms with Crippen molar-refractivity contribution in [3.8, 4) is 0 Å². The Morgan fingerprint density at radius 1 is 1.15 bits per heavy atom. The van der Waals surface area contributed by atoms with Gasteiger partial charge in [-0.3, -0.25) is 0 Å². The maximum absolute atomic E-state index is 13.3. The Kier molecular flexibility index (Phi) is 4.87. The SMILES string of the molecule is CCc1nn2c(S(=O)(=O)N3CCN(c4ccc(Cl)cc4)CC3)c(C)nc2s1. The molecule has 0 aliphatic carbocycles. The van der Waals surface area contributed by atoms with Gasteiger partial charge >= 0.3 is 0 Å². The number of sulfonamides is 1. The van der Waals surface area contributed by atoms with E-state index in [9.17, 15) is 8.42 Å². The summed E-state index contributed by atoms with van der Waals surface area (Å²) in [7, 11) is -3.65. The average molecular weight is 426 g/mol. The summed E-state index contributed by atoms with van der Waals surface area (Å²) in [5, 5.41) is 6.18. The van der Waals surface area contributed by atoms with Crippen LogP contribution in [0, 0.1) is 6.92 Å². The summed E-state index contributed by atoms with van der Waals surface area (Å²) in [4.78, 5) is 7.20. The molecular formula is C17H20ClN5O2S2. The van der Waals surface area contributed by atoms with Crippen LogP contribution in [-0.2, 0) is 16.4 Å². The van der Waals surface area contributed by atoms with Crippen molar-refractivity contribution >= 4 is 43.6 Å². The second-order valence-corrected chi connectivity index (χ2v) is 9.74. The van der Waals surface area contributed by atoms with Crippen LogP contribution in [0.5, 0.6) is 0 Å². The summed E-state index contributed by atoms with van der Waals surface area (Å²) in [5.41, 5.74) is 1.54. The van der Waals surface area contributed by atoms with Crippen LogP contribution in [0.15, 0.2) is 29.3 Å². The number of piperazine rings is 1. The standard InChI is InChI=1S/C17H20ClN5O2S2/c1-3-15-20-23-16(12(2)19-17(23)26-15)27(24,25)22-10-8-21(9-11-22)14-6-4-13(18)5-7-14/h4-7H,3,8-11H2,1-2H3. The molecule has 27 heavy (non-hydrogen) atoms. The molecular weight excluding hydrogens is 406 g/mol. The number of nitrogens with zero attached hydrogens (tertiary/aromatic N) is 5. The van der Waals surface area contributed by atoms with Crippen molar-refractivity contribution in [1.29, 1.82) is 0 Å². The molecule has 2 aromatic heterocycles. The average Bonchev–Trinajstić information content (AvgIpc) is 3.18. The highest BCUT2D eigenvalue weighted by Crippen LogP contribution is 2.27. The van der Waals surface area contributed by atoms with Gasteiger partial charge in [-0.15, -0.1) is 0 Å². The van der Waals surface area contributed by atoms with E-state index in [-0.39, 0.29) is 5.03 Å². The van der Waals surface area contributed by atoms with E-state index in [2.05, 4.69) is 15.0 Å². The first-order valence-corrected chi connectivity index (χ1v) is 11.4. The molecule has 0 bridgehead atoms. The highest BCUT2D eigenvalue weighted by Gasteiger charge is 2.34. The zero-order chi connectivity index (χ0) is 19.2. The van der Waals surface area contributed by atoms with Crippen molar-refractivity contribution in [3.05, 3.63) is 40.0 Å². The molecule has 1 aromatic carbocycles. The van der Waals surface area contributed by atoms with Crippen molar-refractivity contribution in [3.63, 3.8) is 0 Å². The third-order valence-electron chi connectivity index (χ3n) is 4.68. The Hall–Kier alpha value is -1.68. The van der Waals surface area contributed by atoms with Gasteiger partial charge < -0.3 is 4.90 Å². The van der Waals surface area contributed by atoms with Crippen LogP contribution in [0.4, 0.5) is 5.69 Å². The van der Waals surface area contributed by atoms with E-state index in [1.54, 1.807) is 6.92 Å². The molecule has 3 aromatic rings. The smallest absolute Gasteiger partial charge is 0.262 e. The third-order valence-corrected chi connectivity index (χ3v) is 7.99. The number of aromatic nitrogens is 3. The van der Waals surface area contributed by atoms with Gasteiger partial charge in [0, 0.05) is 36.9 Å². The lowest BCUT2D eigenvalue weighted by Crippen LogP contribution is -2.49. The van der Waals surface area contributed by atoms with Gasteiger partial charge in [-0.25, -0.2) is 13.4 Å². The molecule has 0 radical (unpaired) electrons. The number of hydrogen-bond donors (Lipinski definition) is 0. The van der Waals surface area contributed by atoms with Crippen molar-refractivity contribution in [1.82, 2.24) is 18.9 Å². The molecule has 10 heteroatoms. The lowest BCUT2D eigenvalue weighted by atomic mass is 10.2. The van der Waals surface area contributed by atoms with Crippen molar-refractivity contribution in [2.24, 2.45) is 0 Å². The third kappa shape index (κ3) is 3.33. The summed E-state index contributed by atoms with van der Waals surface area (Å²) < 4.78 is 29.5. The molecule has 144 valence electrons. The van der Waals surface area contributed by atoms with Crippen LogP contribution < -0.4 is 4.90 Å². The number of rotatable bonds is 4. The second-order valence-electron chi connectivity index (χ2n) is 6.41. The minimum atomic E-state index is -3.65. The van der Waals surface area contributed by atoms with Crippen LogP contribution in [0.25, 0.3) is 4.96 Å². The molecule has 3 heterocycles. The molecule has 1 aliphatic rings. The first-order chi connectivity index (χ1) is 12.9. The van der Waals surface area contributed by atoms with Gasteiger partial charge in [0.2, 0.25) is 4.96 Å². The summed E-state index contributed by atoms with van der Waals surface area (Å²) in [6.45, 7) is 5.81. The molecule has 4 rings (SSSR count). The van der Waals surface area contributed by atoms with Gasteiger partial charge in [0.1, 0.15) is 5.01 Å². The number of imidazole rings is 1. The van der Waals surface area contributed by atoms with Gasteiger partial charge in [0.25, 0.3) is 10.0 Å². The minimum absolute atomic E-state index is 0.188. The fourth-order valence-electron chi connectivity index (χ4n) is 3.27. The van der Waals surface area contributed by atoms with Crippen LogP contribution in [0.3, 0.4) is 0 Å². The van der Waals surface area contributed by atoms with Crippen LogP contribution in [0.1, 0.15) is 17.6 Å². The van der Waals surface area contributed by atoms with E-state index < -0.39 is 10.0 Å². The predicted octanol–water partition coefficient (Wildman–Crippen LogP) is 2.83. The molecule has 0 N–H and O–H groups in total. The summed E-state index contributed by atoms with van der Waals surface area (Å²) in [6, 6.07) is 7.61. The minimum Gasteiger partial charge on any atom is -0.369 e. The fraction of sp³-hybridized carbons (Fsp3) is 0.412. The second kappa shape index (κ2) is 7.05. The number of halogens is 1. The van der Waals surface area contributed by atoms with E-state index in [0.29, 0.717) is 41.9 Å². The molecule has 0 amide bonds. The highest BCUT2D eigenvalue weighted by atomic mass is 35.5. The first-order valence-electron chi connectivity index (χ1n) is 8.76. The van der Waals surface area contributed by atoms with E-state index in [1.165, 1.54) is 20.2 Å². The zero-order valence-corrected chi connectivity index (χ0v) is 17.5. The molecule has 0 spiro atoms. The maximum Gasteiger partial charge on any atom is 0.262 e. The molecule has 0 unspecified atom stereocenters. The molecule has 7 nitrogen and oxygen atoms in total. The fourth-order valence-corrected chi connectivity index (χ4v) is 5.99. The molecule has 1 fully saturated rings. The monoisotopic (exact) mass is 425 g/mol. The van der Waals surface area contributed by atoms with E-state index in [0.717, 1.165) is 17.1 Å². The Morgan fingerprint density at radius 2 is 1.81 bits per heavy atom. The van der Waals surface area contributed by atoms with Crippen molar-refractivity contribution in [2.45, 2.75) is 25.3 Å². The molecule has 1 saturated heterocycles. The number of aryl methyl sites for hydroxylation is 2. The van der Waals surface area contributed by atoms with Gasteiger partial charge in [0.15, 0.2) is 5.03 Å². The maximum atomic E-state index is 13.3. The van der Waals surface area contributed by atoms with E-state index in [4.69, 9.17) is 11.6 Å². The molecule has 0 atom stereocenters. The van der Waals surface area contributed by atoms with E-state index in [1.807, 2.05) is 31.2 Å². The summed E-state index contributed by atoms with van der Waals surface area (Å²) in [5.74, 6) is 0. The van der Waals surface area contributed by atoms with E-state index >= 15 is 0 Å². The summed E-state index contributed by atoms with van der Waals surface area (Å²) in [6.07, 6.45) is 0.756. The molecule has 1 aliphatic heterocycles. The Balaban J connectivity index is 1.58. The van der Waals surface area contributed by atoms with Crippen LogP contribution in [-0.4, -0.2) is 53.5 Å². The number of hydrogen-bond acceptors (Lipinski definition) is 6. The van der Waals surface area contributed by atoms with Crippen LogP contribution in [0.2, 0.25) is 5.02 Å². The topological polar surface area (TPSA) is 70.8 Å². The normalized spacial score (nSPS) is 16.3. The van der Waals surface area contributed by atoms with Gasteiger partial charge in [0.05, 0.1) is 5.69 Å². The number of benzene rings is 1. The predicted molar refractivity (Wildman–Crippen MR) is 107 cm³/mol. The number of anilines is 1. The van der Waals surface area contributed by atoms with Gasteiger partial charge in [-0.2, -0.15) is 13.9 Å². The van der Waals surface area contributed by atoms with Crippen molar-refractivity contribution in [2.75, 3.05) is 31.1 Å². The summed E-state index contributed by atoms with van der Waals surface area (Å²) >= 11 is 7.38. The van der Waals surface area contributed by atoms with Gasteiger partial charge in [-0.1, -0.05) is 29.9 Å². The van der Waals surface area contributed by atoms with Gasteiger partial charge in [-0.05, 0) is 37.6 Å². The molecule has 0 saturated carbocycles. The quantitative estimate of drug-likeness (QED) is 0.642. The Bertz CT molecular complexity index is 1070. The largest absolute Gasteiger partial charge is 0.369 e. The number of fused-ring (bicyclic) bond motifs is 1. The van der Waals surface area contributed by atoms with Crippen LogP contribution >= 0.6 is 22.9 Å². The lowest BCUT2D eigenvalue weighted by Gasteiger charge is -2.35. The van der Waals surface area contributed by atoms with Crippen molar-refractivity contribution < 1.29 is 8.42 Å². The lowest BCUT2D eigenvalue weighted by molar-refractivity contribution is 0.382. The first kappa shape index (κ1) is 18.7. The Labute approximate surface area is 167 Å². The Morgan fingerprint density at radius 3 is 2.44 bits per heavy atom. The zero-order valence-electron chi connectivity index (χ0n) is 15.1. The highest BCUT2D eigenvalue weighted by molar-refractivity contribution is 7.89.